The Kier molecular flexibility index (Phi) is 7.51. The van der Waals surface area contributed by atoms with Crippen LogP contribution in [0.3, 0.4) is 0 Å². The maximum Gasteiger partial charge on any atom is 0.287 e. The van der Waals surface area contributed by atoms with Gasteiger partial charge < -0.3 is 20.0 Å². The van der Waals surface area contributed by atoms with E-state index in [0.717, 1.165) is 56.5 Å². The first-order chi connectivity index (χ1) is 18.3. The monoisotopic (exact) mass is 538 g/mol. The van der Waals surface area contributed by atoms with Crippen molar-refractivity contribution < 1.29 is 14.1 Å². The molecule has 0 aliphatic heterocycles. The van der Waals surface area contributed by atoms with E-state index in [1.165, 1.54) is 30.2 Å². The average molecular weight is 539 g/mol. The minimum absolute atomic E-state index is 0.0146. The minimum Gasteiger partial charge on any atom is -0.451 e. The molecule has 5 rings (SSSR count). The second kappa shape index (κ2) is 11.0. The van der Waals surface area contributed by atoms with Crippen molar-refractivity contribution in [3.63, 3.8) is 0 Å². The number of hydrogen-bond donors (Lipinski definition) is 2. The van der Waals surface area contributed by atoms with Crippen LogP contribution < -0.4 is 15.5 Å². The van der Waals surface area contributed by atoms with Crippen molar-refractivity contribution in [2.75, 3.05) is 24.3 Å². The summed E-state index contributed by atoms with van der Waals surface area (Å²) in [6, 6.07) is 7.68. The molecule has 38 heavy (non-hydrogen) atoms. The van der Waals surface area contributed by atoms with Gasteiger partial charge in [-0.15, -0.1) is 0 Å². The van der Waals surface area contributed by atoms with Crippen LogP contribution >= 0.6 is 11.6 Å². The van der Waals surface area contributed by atoms with E-state index in [-0.39, 0.29) is 45.8 Å². The van der Waals surface area contributed by atoms with Crippen LogP contribution in [0.5, 0.6) is 0 Å². The molecule has 2 aliphatic rings. The summed E-state index contributed by atoms with van der Waals surface area (Å²) in [6.45, 7) is 0. The van der Waals surface area contributed by atoms with Gasteiger partial charge in [0.2, 0.25) is 5.95 Å². The number of fused-ring (bicyclic) bond motifs is 1. The van der Waals surface area contributed by atoms with E-state index in [2.05, 4.69) is 15.5 Å². The molecular weight excluding hydrogens is 508 g/mol. The molecule has 2 heterocycles. The van der Waals surface area contributed by atoms with Gasteiger partial charge in [0.25, 0.3) is 11.6 Å². The second-order valence-electron chi connectivity index (χ2n) is 10.1. The highest BCUT2D eigenvalue weighted by Gasteiger charge is 2.26. The molecule has 1 aromatic carbocycles. The standard InChI is InChI=1S/C27H31ClN6O4/c1-33(2)25-19-5-3-4-6-21(19)31-27(32-25)30-18-10-8-17(9-11-18)29-26(35)24-14-13-23(38-24)20-12-7-16(28)15-22(20)34(36)37/h7,12-15,17-18H,3-6,8-11H2,1-2H3,(H,29,35)(H,30,31,32)/t17-,18+. The number of hydrogen-bond acceptors (Lipinski definition) is 8. The molecule has 11 heteroatoms. The largest absolute Gasteiger partial charge is 0.451 e. The number of carbonyl (C=O) groups is 1. The van der Waals surface area contributed by atoms with Gasteiger partial charge >= 0.3 is 0 Å². The first-order valence-corrected chi connectivity index (χ1v) is 13.3. The topological polar surface area (TPSA) is 126 Å². The van der Waals surface area contributed by atoms with Crippen molar-refractivity contribution in [1.29, 1.82) is 0 Å². The maximum absolute atomic E-state index is 12.8. The predicted octanol–water partition coefficient (Wildman–Crippen LogP) is 5.40. The number of nitro groups is 1. The fourth-order valence-electron chi connectivity index (χ4n) is 5.30. The molecule has 1 fully saturated rings. The number of nitrogens with zero attached hydrogens (tertiary/aromatic N) is 4. The molecule has 0 unspecified atom stereocenters. The van der Waals surface area contributed by atoms with Gasteiger partial charge in [0.1, 0.15) is 11.6 Å². The molecule has 0 spiro atoms. The Bertz CT molecular complexity index is 1350. The van der Waals surface area contributed by atoms with Crippen LogP contribution in [0.15, 0.2) is 34.7 Å². The Balaban J connectivity index is 1.18. The lowest BCUT2D eigenvalue weighted by Gasteiger charge is -2.30. The Morgan fingerprint density at radius 1 is 1.08 bits per heavy atom. The van der Waals surface area contributed by atoms with Crippen molar-refractivity contribution in [3.05, 3.63) is 62.5 Å². The van der Waals surface area contributed by atoms with E-state index in [1.807, 2.05) is 14.1 Å². The first-order valence-electron chi connectivity index (χ1n) is 13.0. The van der Waals surface area contributed by atoms with Gasteiger partial charge in [0.05, 0.1) is 16.2 Å². The third-order valence-corrected chi connectivity index (χ3v) is 7.47. The molecular formula is C27H31ClN6O4. The molecule has 0 saturated heterocycles. The Labute approximate surface area is 225 Å². The fraction of sp³-hybridized carbons (Fsp3) is 0.444. The molecule has 1 saturated carbocycles. The lowest BCUT2D eigenvalue weighted by molar-refractivity contribution is -0.384. The van der Waals surface area contributed by atoms with Crippen molar-refractivity contribution in [2.45, 2.75) is 63.5 Å². The van der Waals surface area contributed by atoms with Gasteiger partial charge in [-0.1, -0.05) is 11.6 Å². The van der Waals surface area contributed by atoms with E-state index in [9.17, 15) is 14.9 Å². The normalized spacial score (nSPS) is 18.9. The lowest BCUT2D eigenvalue weighted by Crippen LogP contribution is -2.40. The van der Waals surface area contributed by atoms with Crippen LogP contribution in [0.4, 0.5) is 17.5 Å². The number of nitro benzene ring substituents is 1. The summed E-state index contributed by atoms with van der Waals surface area (Å²) >= 11 is 5.90. The molecule has 0 bridgehead atoms. The van der Waals surface area contributed by atoms with E-state index in [0.29, 0.717) is 5.95 Å². The minimum atomic E-state index is -0.521. The summed E-state index contributed by atoms with van der Waals surface area (Å²) in [5, 5.41) is 18.2. The number of aryl methyl sites for hydroxylation is 1. The SMILES string of the molecule is CN(C)c1nc(N[C@H]2CC[C@@H](NC(=O)c3ccc(-c4ccc(Cl)cc4[N+](=O)[O-])o3)CC2)nc2c1CCCC2. The van der Waals surface area contributed by atoms with Gasteiger partial charge in [-0.25, -0.2) is 4.98 Å². The maximum atomic E-state index is 12.8. The van der Waals surface area contributed by atoms with Crippen LogP contribution in [0, 0.1) is 10.1 Å². The third-order valence-electron chi connectivity index (χ3n) is 7.23. The summed E-state index contributed by atoms with van der Waals surface area (Å²) in [6.07, 6.45) is 7.74. The quantitative estimate of drug-likeness (QED) is 0.302. The summed E-state index contributed by atoms with van der Waals surface area (Å²) in [7, 11) is 4.04. The van der Waals surface area contributed by atoms with Crippen molar-refractivity contribution in [1.82, 2.24) is 15.3 Å². The van der Waals surface area contributed by atoms with E-state index >= 15 is 0 Å². The van der Waals surface area contributed by atoms with Crippen LogP contribution in [0.1, 0.15) is 60.3 Å². The number of rotatable bonds is 7. The number of amides is 1. The van der Waals surface area contributed by atoms with Crippen LogP contribution in [-0.4, -0.2) is 47.0 Å². The van der Waals surface area contributed by atoms with Gasteiger partial charge in [-0.3, -0.25) is 14.9 Å². The number of carbonyl (C=O) groups excluding carboxylic acids is 1. The van der Waals surface area contributed by atoms with Crippen LogP contribution in [0.2, 0.25) is 5.02 Å². The summed E-state index contributed by atoms with van der Waals surface area (Å²) in [5.41, 5.74) is 2.52. The second-order valence-corrected chi connectivity index (χ2v) is 10.6. The molecule has 1 amide bonds. The summed E-state index contributed by atoms with van der Waals surface area (Å²) in [4.78, 5) is 35.4. The van der Waals surface area contributed by atoms with Gasteiger partial charge in [0, 0.05) is 42.8 Å². The van der Waals surface area contributed by atoms with Crippen molar-refractivity contribution >= 4 is 35.0 Å². The molecule has 2 aliphatic carbocycles. The van der Waals surface area contributed by atoms with Crippen LogP contribution in [0.25, 0.3) is 11.3 Å². The molecule has 0 atom stereocenters. The molecule has 0 radical (unpaired) electrons. The van der Waals surface area contributed by atoms with Gasteiger partial charge in [-0.2, -0.15) is 4.98 Å². The summed E-state index contributed by atoms with van der Waals surface area (Å²) in [5.74, 6) is 1.70. The highest BCUT2D eigenvalue weighted by Crippen LogP contribution is 2.34. The Morgan fingerprint density at radius 3 is 2.55 bits per heavy atom. The van der Waals surface area contributed by atoms with Crippen molar-refractivity contribution in [2.24, 2.45) is 0 Å². The van der Waals surface area contributed by atoms with E-state index < -0.39 is 4.92 Å². The first kappa shape index (κ1) is 26.0. The number of halogens is 1. The molecule has 2 aromatic heterocycles. The smallest absolute Gasteiger partial charge is 0.287 e. The zero-order chi connectivity index (χ0) is 26.8. The number of nitrogens with one attached hydrogen (secondary N) is 2. The Hall–Kier alpha value is -3.66. The van der Waals surface area contributed by atoms with Gasteiger partial charge in [0.15, 0.2) is 5.76 Å². The zero-order valence-electron chi connectivity index (χ0n) is 21.5. The average Bonchev–Trinajstić information content (AvgIpc) is 3.39. The Morgan fingerprint density at radius 2 is 1.82 bits per heavy atom. The molecule has 3 aromatic rings. The van der Waals surface area contributed by atoms with Crippen molar-refractivity contribution in [3.8, 4) is 11.3 Å². The van der Waals surface area contributed by atoms with E-state index in [4.69, 9.17) is 26.0 Å². The summed E-state index contributed by atoms with van der Waals surface area (Å²) < 4.78 is 5.69. The molecule has 200 valence electrons. The third kappa shape index (κ3) is 5.60. The van der Waals surface area contributed by atoms with E-state index in [1.54, 1.807) is 12.1 Å². The van der Waals surface area contributed by atoms with Crippen LogP contribution in [-0.2, 0) is 12.8 Å². The number of aromatic nitrogens is 2. The lowest BCUT2D eigenvalue weighted by atomic mass is 9.91. The molecule has 10 nitrogen and oxygen atoms in total. The van der Waals surface area contributed by atoms with Gasteiger partial charge in [-0.05, 0) is 75.6 Å². The number of furan rings is 1. The highest BCUT2D eigenvalue weighted by atomic mass is 35.5. The number of benzene rings is 1. The zero-order valence-corrected chi connectivity index (χ0v) is 22.3. The fourth-order valence-corrected chi connectivity index (χ4v) is 5.47. The molecule has 2 N–H and O–H groups in total. The number of anilines is 2. The highest BCUT2D eigenvalue weighted by molar-refractivity contribution is 6.30. The predicted molar refractivity (Wildman–Crippen MR) is 146 cm³/mol.